The summed E-state index contributed by atoms with van der Waals surface area (Å²) in [6.07, 6.45) is 2.15. The van der Waals surface area contributed by atoms with Crippen molar-refractivity contribution < 1.29 is 14.2 Å². The van der Waals surface area contributed by atoms with Crippen molar-refractivity contribution >= 4 is 11.6 Å². The molecule has 1 unspecified atom stereocenters. The molecule has 3 heterocycles. The van der Waals surface area contributed by atoms with Crippen LogP contribution < -0.4 is 0 Å². The lowest BCUT2D eigenvalue weighted by Crippen LogP contribution is -2.62. The van der Waals surface area contributed by atoms with E-state index in [1.54, 1.807) is 0 Å². The summed E-state index contributed by atoms with van der Waals surface area (Å²) in [5.74, 6) is -1.04. The first-order valence-corrected chi connectivity index (χ1v) is 7.24. The van der Waals surface area contributed by atoms with Crippen LogP contribution in [0.1, 0.15) is 32.3 Å². The summed E-state index contributed by atoms with van der Waals surface area (Å²) in [5, 5.41) is 0.696. The lowest BCUT2D eigenvalue weighted by Gasteiger charge is -2.56. The normalized spacial score (nSPS) is 37.5. The highest BCUT2D eigenvalue weighted by Gasteiger charge is 2.57. The van der Waals surface area contributed by atoms with Gasteiger partial charge in [-0.25, -0.2) is 0 Å². The highest BCUT2D eigenvalue weighted by molar-refractivity contribution is 6.30. The molecule has 1 aromatic rings. The molecule has 3 aliphatic rings. The maximum atomic E-state index is 6.15. The Morgan fingerprint density at radius 3 is 2.32 bits per heavy atom. The minimum atomic E-state index is -1.04. The average molecular weight is 283 g/mol. The number of rotatable bonds is 3. The number of hydrogen-bond donors (Lipinski definition) is 0. The molecule has 0 radical (unpaired) electrons. The third-order valence-corrected chi connectivity index (χ3v) is 4.60. The van der Waals surface area contributed by atoms with Crippen LogP contribution in [0.5, 0.6) is 0 Å². The second-order valence-electron chi connectivity index (χ2n) is 5.37. The number of ether oxygens (including phenoxy) is 3. The van der Waals surface area contributed by atoms with E-state index in [4.69, 9.17) is 25.8 Å². The standard InChI is InChI=1S/C15H19ClO3/c1-3-13-14(4-2)9-17-15(19-13,18-10-14)11-5-7-12(16)8-6-11/h5-8,13H,3-4,9-10H2,1-2H3. The Hall–Kier alpha value is -0.610. The van der Waals surface area contributed by atoms with Gasteiger partial charge in [0.25, 0.3) is 0 Å². The van der Waals surface area contributed by atoms with Gasteiger partial charge in [-0.15, -0.1) is 0 Å². The van der Waals surface area contributed by atoms with E-state index in [2.05, 4.69) is 13.8 Å². The first-order chi connectivity index (χ1) is 9.14. The molecular weight excluding hydrogens is 264 g/mol. The molecule has 3 nitrogen and oxygen atoms in total. The van der Waals surface area contributed by atoms with Gasteiger partial charge >= 0.3 is 5.97 Å². The highest BCUT2D eigenvalue weighted by Crippen LogP contribution is 2.50. The van der Waals surface area contributed by atoms with Gasteiger partial charge in [0.1, 0.15) is 0 Å². The van der Waals surface area contributed by atoms with Crippen molar-refractivity contribution in [2.45, 2.75) is 38.8 Å². The van der Waals surface area contributed by atoms with E-state index in [1.165, 1.54) is 0 Å². The molecule has 0 aromatic heterocycles. The van der Waals surface area contributed by atoms with Crippen LogP contribution in [0.15, 0.2) is 24.3 Å². The molecule has 2 bridgehead atoms. The summed E-state index contributed by atoms with van der Waals surface area (Å²) in [7, 11) is 0. The summed E-state index contributed by atoms with van der Waals surface area (Å²) in [6, 6.07) is 7.47. The fourth-order valence-electron chi connectivity index (χ4n) is 2.96. The maximum absolute atomic E-state index is 6.15. The Bertz CT molecular complexity index is 449. The largest absolute Gasteiger partial charge is 0.323 e. The molecule has 0 spiro atoms. The van der Waals surface area contributed by atoms with Gasteiger partial charge in [0.2, 0.25) is 0 Å². The number of hydrogen-bond acceptors (Lipinski definition) is 3. The smallest absolute Gasteiger partial charge is 0.312 e. The summed E-state index contributed by atoms with van der Waals surface area (Å²) < 4.78 is 18.0. The summed E-state index contributed by atoms with van der Waals surface area (Å²) >= 11 is 5.93. The first kappa shape index (κ1) is 13.4. The number of fused-ring (bicyclic) bond motifs is 3. The lowest BCUT2D eigenvalue weighted by atomic mass is 9.77. The Balaban J connectivity index is 1.93. The van der Waals surface area contributed by atoms with Crippen LogP contribution >= 0.6 is 11.6 Å². The molecular formula is C15H19ClO3. The Kier molecular flexibility index (Phi) is 3.34. The van der Waals surface area contributed by atoms with Crippen molar-refractivity contribution in [3.8, 4) is 0 Å². The maximum Gasteiger partial charge on any atom is 0.312 e. The molecule has 104 valence electrons. The second-order valence-corrected chi connectivity index (χ2v) is 5.81. The van der Waals surface area contributed by atoms with E-state index in [9.17, 15) is 0 Å². The molecule has 3 fully saturated rings. The fraction of sp³-hybridized carbons (Fsp3) is 0.600. The summed E-state index contributed by atoms with van der Waals surface area (Å²) in [5.41, 5.74) is 0.878. The van der Waals surface area contributed by atoms with Crippen LogP contribution in [0.4, 0.5) is 0 Å². The molecule has 3 saturated heterocycles. The third-order valence-electron chi connectivity index (χ3n) is 4.35. The zero-order valence-corrected chi connectivity index (χ0v) is 12.1. The van der Waals surface area contributed by atoms with E-state index in [0.717, 1.165) is 18.4 Å². The summed E-state index contributed by atoms with van der Waals surface area (Å²) in [6.45, 7) is 5.69. The van der Waals surface area contributed by atoms with Gasteiger partial charge in [0, 0.05) is 16.0 Å². The van der Waals surface area contributed by atoms with Crippen molar-refractivity contribution in [2.24, 2.45) is 5.41 Å². The van der Waals surface area contributed by atoms with Crippen LogP contribution in [-0.4, -0.2) is 19.3 Å². The Morgan fingerprint density at radius 2 is 1.79 bits per heavy atom. The predicted octanol–water partition coefficient (Wildman–Crippen LogP) is 3.70. The van der Waals surface area contributed by atoms with Gasteiger partial charge in [-0.3, -0.25) is 0 Å². The average Bonchev–Trinajstić information content (AvgIpc) is 2.48. The quantitative estimate of drug-likeness (QED) is 0.846. The van der Waals surface area contributed by atoms with Crippen LogP contribution in [0.3, 0.4) is 0 Å². The van der Waals surface area contributed by atoms with Crippen LogP contribution in [0, 0.1) is 5.41 Å². The molecule has 1 aromatic carbocycles. The van der Waals surface area contributed by atoms with Crippen LogP contribution in [0.2, 0.25) is 5.02 Å². The molecule has 19 heavy (non-hydrogen) atoms. The van der Waals surface area contributed by atoms with E-state index >= 15 is 0 Å². The van der Waals surface area contributed by atoms with Crippen molar-refractivity contribution in [3.63, 3.8) is 0 Å². The third kappa shape index (κ3) is 2.00. The fourth-order valence-corrected chi connectivity index (χ4v) is 3.09. The Morgan fingerprint density at radius 1 is 1.16 bits per heavy atom. The van der Waals surface area contributed by atoms with Gasteiger partial charge in [-0.1, -0.05) is 25.4 Å². The van der Waals surface area contributed by atoms with Gasteiger partial charge in [-0.05, 0) is 37.1 Å². The van der Waals surface area contributed by atoms with Crippen LogP contribution in [-0.2, 0) is 20.2 Å². The van der Waals surface area contributed by atoms with Crippen molar-refractivity contribution in [1.29, 1.82) is 0 Å². The zero-order valence-electron chi connectivity index (χ0n) is 11.3. The second kappa shape index (κ2) is 4.74. The topological polar surface area (TPSA) is 27.7 Å². The minimum absolute atomic E-state index is 0.00290. The van der Waals surface area contributed by atoms with E-state index in [1.807, 2.05) is 24.3 Å². The molecule has 0 aliphatic carbocycles. The summed E-state index contributed by atoms with van der Waals surface area (Å²) in [4.78, 5) is 0. The molecule has 0 N–H and O–H groups in total. The zero-order chi connectivity index (χ0) is 13.5. The van der Waals surface area contributed by atoms with E-state index < -0.39 is 5.97 Å². The van der Waals surface area contributed by atoms with E-state index in [-0.39, 0.29) is 11.5 Å². The van der Waals surface area contributed by atoms with Crippen molar-refractivity contribution in [2.75, 3.05) is 13.2 Å². The molecule has 0 amide bonds. The van der Waals surface area contributed by atoms with Gasteiger partial charge in [-0.2, -0.15) is 0 Å². The SMILES string of the molecule is CCC1OC2(c3ccc(Cl)cc3)OCC1(CC)CO2. The van der Waals surface area contributed by atoms with Crippen molar-refractivity contribution in [3.05, 3.63) is 34.9 Å². The van der Waals surface area contributed by atoms with Crippen LogP contribution in [0.25, 0.3) is 0 Å². The molecule has 4 rings (SSSR count). The van der Waals surface area contributed by atoms with E-state index in [0.29, 0.717) is 18.2 Å². The van der Waals surface area contributed by atoms with Gasteiger partial charge in [0.15, 0.2) is 0 Å². The molecule has 0 saturated carbocycles. The molecule has 4 heteroatoms. The highest BCUT2D eigenvalue weighted by atomic mass is 35.5. The first-order valence-electron chi connectivity index (χ1n) is 6.86. The predicted molar refractivity (Wildman–Crippen MR) is 72.9 cm³/mol. The van der Waals surface area contributed by atoms with Gasteiger partial charge in [0.05, 0.1) is 19.3 Å². The monoisotopic (exact) mass is 282 g/mol. The molecule has 3 aliphatic heterocycles. The van der Waals surface area contributed by atoms with Crippen molar-refractivity contribution in [1.82, 2.24) is 0 Å². The molecule has 1 atom stereocenters. The Labute approximate surface area is 118 Å². The number of halogens is 1. The number of benzene rings is 1. The van der Waals surface area contributed by atoms with Gasteiger partial charge < -0.3 is 14.2 Å². The minimum Gasteiger partial charge on any atom is -0.323 e. The lowest BCUT2D eigenvalue weighted by molar-refractivity contribution is -0.500.